The zero-order chi connectivity index (χ0) is 19.9. The Morgan fingerprint density at radius 2 is 1.61 bits per heavy atom. The summed E-state index contributed by atoms with van der Waals surface area (Å²) in [6, 6.07) is 20.9. The van der Waals surface area contributed by atoms with Crippen LogP contribution in [0, 0.1) is 6.92 Å². The van der Waals surface area contributed by atoms with Gasteiger partial charge in [0.15, 0.2) is 0 Å². The normalized spacial score (nSPS) is 11.0. The van der Waals surface area contributed by atoms with Gasteiger partial charge in [-0.05, 0) is 63.8 Å². The Kier molecular flexibility index (Phi) is 7.20. The van der Waals surface area contributed by atoms with Crippen molar-refractivity contribution in [3.63, 3.8) is 0 Å². The zero-order valence-electron chi connectivity index (χ0n) is 16.4. The predicted octanol–water partition coefficient (Wildman–Crippen LogP) is 4.82. The van der Waals surface area contributed by atoms with Gasteiger partial charge < -0.3 is 10.5 Å². The first-order chi connectivity index (χ1) is 13.6. The van der Waals surface area contributed by atoms with E-state index in [0.717, 1.165) is 46.8 Å². The van der Waals surface area contributed by atoms with Gasteiger partial charge in [0.1, 0.15) is 5.75 Å². The third-order valence-electron chi connectivity index (χ3n) is 4.62. The predicted molar refractivity (Wildman–Crippen MR) is 117 cm³/mol. The van der Waals surface area contributed by atoms with E-state index >= 15 is 0 Å². The number of hydrogen-bond acceptors (Lipinski definition) is 4. The van der Waals surface area contributed by atoms with E-state index in [1.807, 2.05) is 19.1 Å². The fourth-order valence-corrected chi connectivity index (χ4v) is 3.78. The maximum Gasteiger partial charge on any atom is 0.133 e. The van der Waals surface area contributed by atoms with Crippen molar-refractivity contribution in [2.45, 2.75) is 33.1 Å². The number of benzene rings is 2. The first-order valence-electron chi connectivity index (χ1n) is 9.32. The Labute approximate surface area is 175 Å². The number of nitrogens with zero attached hydrogens (tertiary/aromatic N) is 2. The van der Waals surface area contributed by atoms with Crippen LogP contribution in [0.5, 0.6) is 5.75 Å². The van der Waals surface area contributed by atoms with E-state index < -0.39 is 0 Å². The van der Waals surface area contributed by atoms with Gasteiger partial charge in [0, 0.05) is 31.9 Å². The Balaban J connectivity index is 1.81. The Morgan fingerprint density at radius 1 is 0.929 bits per heavy atom. The minimum absolute atomic E-state index is 0.567. The highest BCUT2D eigenvalue weighted by atomic mass is 79.9. The van der Waals surface area contributed by atoms with Crippen LogP contribution in [-0.4, -0.2) is 17.0 Å². The van der Waals surface area contributed by atoms with Gasteiger partial charge in [0.25, 0.3) is 0 Å². The molecule has 2 N–H and O–H groups in total. The number of halogens is 1. The van der Waals surface area contributed by atoms with Crippen LogP contribution in [0.15, 0.2) is 65.1 Å². The maximum atomic E-state index is 5.72. The number of aromatic nitrogens is 1. The fraction of sp³-hybridized carbons (Fsp3) is 0.261. The third kappa shape index (κ3) is 5.64. The second-order valence-electron chi connectivity index (χ2n) is 6.90. The lowest BCUT2D eigenvalue weighted by molar-refractivity contribution is 0.244. The van der Waals surface area contributed by atoms with Gasteiger partial charge >= 0.3 is 0 Å². The standard InChI is InChI=1S/C23H26BrN3O/c1-17-4-3-5-21(26-17)16-27(14-19-8-6-18(13-25)7-9-19)15-20-10-11-23(28-2)22(24)12-20/h3-12H,13-16,25H2,1-2H3. The summed E-state index contributed by atoms with van der Waals surface area (Å²) in [5.41, 5.74) is 11.5. The number of methoxy groups -OCH3 is 1. The topological polar surface area (TPSA) is 51.4 Å². The number of pyridine rings is 1. The summed E-state index contributed by atoms with van der Waals surface area (Å²) >= 11 is 3.59. The molecule has 0 atom stereocenters. The number of hydrogen-bond donors (Lipinski definition) is 1. The van der Waals surface area contributed by atoms with E-state index in [0.29, 0.717) is 6.54 Å². The molecule has 4 nitrogen and oxygen atoms in total. The number of rotatable bonds is 8. The van der Waals surface area contributed by atoms with Crippen LogP contribution in [0.1, 0.15) is 28.1 Å². The van der Waals surface area contributed by atoms with Gasteiger partial charge in [-0.15, -0.1) is 0 Å². The monoisotopic (exact) mass is 439 g/mol. The average molecular weight is 440 g/mol. The van der Waals surface area contributed by atoms with Gasteiger partial charge in [-0.3, -0.25) is 9.88 Å². The second kappa shape index (κ2) is 9.82. The summed E-state index contributed by atoms with van der Waals surface area (Å²) in [7, 11) is 1.68. The van der Waals surface area contributed by atoms with Crippen LogP contribution in [0.25, 0.3) is 0 Å². The average Bonchev–Trinajstić information content (AvgIpc) is 2.69. The van der Waals surface area contributed by atoms with E-state index in [-0.39, 0.29) is 0 Å². The van der Waals surface area contributed by atoms with Gasteiger partial charge in [-0.2, -0.15) is 0 Å². The Morgan fingerprint density at radius 3 is 2.25 bits per heavy atom. The third-order valence-corrected chi connectivity index (χ3v) is 5.24. The molecule has 5 heteroatoms. The lowest BCUT2D eigenvalue weighted by Crippen LogP contribution is -2.23. The molecule has 0 amide bonds. The van der Waals surface area contributed by atoms with Gasteiger partial charge in [0.05, 0.1) is 17.3 Å². The number of aryl methyl sites for hydroxylation is 1. The minimum Gasteiger partial charge on any atom is -0.496 e. The molecule has 0 aliphatic heterocycles. The van der Waals surface area contributed by atoms with E-state index in [1.54, 1.807) is 7.11 Å². The Bertz CT molecular complexity index is 912. The molecular formula is C23H26BrN3O. The lowest BCUT2D eigenvalue weighted by Gasteiger charge is -2.23. The van der Waals surface area contributed by atoms with E-state index in [9.17, 15) is 0 Å². The molecule has 0 aliphatic carbocycles. The molecule has 0 unspecified atom stereocenters. The van der Waals surface area contributed by atoms with Crippen molar-refractivity contribution in [2.75, 3.05) is 7.11 Å². The summed E-state index contributed by atoms with van der Waals surface area (Å²) in [6.45, 7) is 5.03. The molecule has 3 rings (SSSR count). The molecule has 3 aromatic rings. The smallest absolute Gasteiger partial charge is 0.133 e. The molecule has 0 spiro atoms. The maximum absolute atomic E-state index is 5.72. The first kappa shape index (κ1) is 20.5. The van der Waals surface area contributed by atoms with E-state index in [4.69, 9.17) is 10.5 Å². The summed E-state index contributed by atoms with van der Waals surface area (Å²) in [6.07, 6.45) is 0. The second-order valence-corrected chi connectivity index (χ2v) is 7.76. The SMILES string of the molecule is COc1ccc(CN(Cc2ccc(CN)cc2)Cc2cccc(C)n2)cc1Br. The molecule has 28 heavy (non-hydrogen) atoms. The molecule has 0 saturated heterocycles. The van der Waals surface area contributed by atoms with Crippen LogP contribution in [0.4, 0.5) is 0 Å². The molecule has 146 valence electrons. The van der Waals surface area contributed by atoms with Crippen molar-refractivity contribution in [2.24, 2.45) is 5.73 Å². The number of nitrogens with two attached hydrogens (primary N) is 1. The first-order valence-corrected chi connectivity index (χ1v) is 10.1. The largest absolute Gasteiger partial charge is 0.496 e. The van der Waals surface area contributed by atoms with Crippen LogP contribution in [0.2, 0.25) is 0 Å². The molecule has 0 radical (unpaired) electrons. The summed E-state index contributed by atoms with van der Waals surface area (Å²) < 4.78 is 6.32. The van der Waals surface area contributed by atoms with Gasteiger partial charge in [-0.1, -0.05) is 36.4 Å². The molecular weight excluding hydrogens is 414 g/mol. The zero-order valence-corrected chi connectivity index (χ0v) is 17.9. The minimum atomic E-state index is 0.567. The van der Waals surface area contributed by atoms with E-state index in [1.165, 1.54) is 11.1 Å². The highest BCUT2D eigenvalue weighted by Crippen LogP contribution is 2.26. The summed E-state index contributed by atoms with van der Waals surface area (Å²) in [5, 5.41) is 0. The molecule has 1 heterocycles. The van der Waals surface area contributed by atoms with Crippen molar-refractivity contribution >= 4 is 15.9 Å². The number of ether oxygens (including phenoxy) is 1. The summed E-state index contributed by atoms with van der Waals surface area (Å²) in [5.74, 6) is 0.841. The molecule has 2 aromatic carbocycles. The van der Waals surface area contributed by atoms with Gasteiger partial charge in [0.2, 0.25) is 0 Å². The molecule has 0 fully saturated rings. The quantitative estimate of drug-likeness (QED) is 0.546. The lowest BCUT2D eigenvalue weighted by atomic mass is 10.1. The summed E-state index contributed by atoms with van der Waals surface area (Å²) in [4.78, 5) is 7.08. The van der Waals surface area contributed by atoms with Crippen molar-refractivity contribution in [1.29, 1.82) is 0 Å². The van der Waals surface area contributed by atoms with Crippen LogP contribution in [0.3, 0.4) is 0 Å². The highest BCUT2D eigenvalue weighted by Gasteiger charge is 2.11. The highest BCUT2D eigenvalue weighted by molar-refractivity contribution is 9.10. The van der Waals surface area contributed by atoms with Gasteiger partial charge in [-0.25, -0.2) is 0 Å². The van der Waals surface area contributed by atoms with Crippen LogP contribution >= 0.6 is 15.9 Å². The molecule has 1 aromatic heterocycles. The molecule has 0 saturated carbocycles. The van der Waals surface area contributed by atoms with E-state index in [2.05, 4.69) is 74.3 Å². The van der Waals surface area contributed by atoms with Crippen molar-refractivity contribution in [3.8, 4) is 5.75 Å². The van der Waals surface area contributed by atoms with Crippen LogP contribution < -0.4 is 10.5 Å². The van der Waals surface area contributed by atoms with Crippen molar-refractivity contribution < 1.29 is 4.74 Å². The van der Waals surface area contributed by atoms with Crippen molar-refractivity contribution in [1.82, 2.24) is 9.88 Å². The van der Waals surface area contributed by atoms with Crippen LogP contribution in [-0.2, 0) is 26.2 Å². The fourth-order valence-electron chi connectivity index (χ4n) is 3.19. The molecule has 0 aliphatic rings. The van der Waals surface area contributed by atoms with Crippen molar-refractivity contribution in [3.05, 3.63) is 93.2 Å². The molecule has 0 bridgehead atoms. The Hall–Kier alpha value is -2.21.